The first-order chi connectivity index (χ1) is 9.10. The molecule has 0 saturated heterocycles. The Hall–Kier alpha value is -1.33. The SMILES string of the molecule is CCC(CC)N(Cc1ccc(C#N)cc1)CC(C)C. The lowest BCUT2D eigenvalue weighted by atomic mass is 10.1. The molecule has 0 radical (unpaired) electrons. The normalized spacial score (nSPS) is 11.3. The molecule has 1 aromatic rings. The number of benzene rings is 1. The van der Waals surface area contributed by atoms with Crippen LogP contribution in [0.15, 0.2) is 24.3 Å². The maximum Gasteiger partial charge on any atom is 0.0991 e. The van der Waals surface area contributed by atoms with Crippen molar-refractivity contribution in [1.29, 1.82) is 5.26 Å². The second kappa shape index (κ2) is 7.96. The summed E-state index contributed by atoms with van der Waals surface area (Å²) < 4.78 is 0. The maximum absolute atomic E-state index is 8.83. The molecule has 0 spiro atoms. The zero-order valence-electron chi connectivity index (χ0n) is 12.7. The van der Waals surface area contributed by atoms with Crippen LogP contribution in [0.3, 0.4) is 0 Å². The summed E-state index contributed by atoms with van der Waals surface area (Å²) in [7, 11) is 0. The van der Waals surface area contributed by atoms with Crippen LogP contribution in [0.5, 0.6) is 0 Å². The predicted octanol–water partition coefficient (Wildman–Crippen LogP) is 4.20. The van der Waals surface area contributed by atoms with Gasteiger partial charge in [0.25, 0.3) is 0 Å². The highest BCUT2D eigenvalue weighted by molar-refractivity contribution is 5.31. The molecule has 0 atom stereocenters. The third kappa shape index (κ3) is 5.04. The summed E-state index contributed by atoms with van der Waals surface area (Å²) in [6, 6.07) is 10.8. The fourth-order valence-electron chi connectivity index (χ4n) is 2.54. The Morgan fingerprint density at radius 2 is 1.68 bits per heavy atom. The molecule has 0 aliphatic carbocycles. The predicted molar refractivity (Wildman–Crippen MR) is 80.8 cm³/mol. The van der Waals surface area contributed by atoms with Crippen LogP contribution in [0.1, 0.15) is 51.7 Å². The van der Waals surface area contributed by atoms with Gasteiger partial charge in [-0.2, -0.15) is 5.26 Å². The first-order valence-electron chi connectivity index (χ1n) is 7.33. The summed E-state index contributed by atoms with van der Waals surface area (Å²) in [5.41, 5.74) is 2.04. The number of hydrogen-bond donors (Lipinski definition) is 0. The van der Waals surface area contributed by atoms with Gasteiger partial charge in [-0.05, 0) is 36.5 Å². The monoisotopic (exact) mass is 258 g/mol. The van der Waals surface area contributed by atoms with Crippen molar-refractivity contribution >= 4 is 0 Å². The summed E-state index contributed by atoms with van der Waals surface area (Å²) >= 11 is 0. The molecular formula is C17H26N2. The minimum atomic E-state index is 0.651. The lowest BCUT2D eigenvalue weighted by Crippen LogP contribution is -2.36. The number of hydrogen-bond acceptors (Lipinski definition) is 2. The van der Waals surface area contributed by atoms with Gasteiger partial charge in [0, 0.05) is 19.1 Å². The van der Waals surface area contributed by atoms with Gasteiger partial charge in [0.2, 0.25) is 0 Å². The van der Waals surface area contributed by atoms with E-state index in [1.807, 2.05) is 12.1 Å². The van der Waals surface area contributed by atoms with Gasteiger partial charge in [-0.15, -0.1) is 0 Å². The molecule has 0 unspecified atom stereocenters. The van der Waals surface area contributed by atoms with Crippen LogP contribution in [-0.2, 0) is 6.54 Å². The smallest absolute Gasteiger partial charge is 0.0991 e. The van der Waals surface area contributed by atoms with Crippen LogP contribution < -0.4 is 0 Å². The molecule has 2 heteroatoms. The van der Waals surface area contributed by atoms with Crippen molar-refractivity contribution < 1.29 is 0 Å². The molecule has 104 valence electrons. The Morgan fingerprint density at radius 3 is 2.11 bits per heavy atom. The van der Waals surface area contributed by atoms with E-state index in [1.54, 1.807) is 0 Å². The van der Waals surface area contributed by atoms with Crippen LogP contribution in [-0.4, -0.2) is 17.5 Å². The van der Waals surface area contributed by atoms with Crippen molar-refractivity contribution in [2.24, 2.45) is 5.92 Å². The van der Waals surface area contributed by atoms with Gasteiger partial charge in [-0.3, -0.25) is 4.90 Å². The van der Waals surface area contributed by atoms with Crippen molar-refractivity contribution in [3.05, 3.63) is 35.4 Å². The fraction of sp³-hybridized carbons (Fsp3) is 0.588. The highest BCUT2D eigenvalue weighted by Gasteiger charge is 2.16. The Labute approximate surface area is 118 Å². The Bertz CT molecular complexity index is 396. The van der Waals surface area contributed by atoms with Gasteiger partial charge < -0.3 is 0 Å². The van der Waals surface area contributed by atoms with E-state index in [0.29, 0.717) is 12.0 Å². The third-order valence-electron chi connectivity index (χ3n) is 3.53. The van der Waals surface area contributed by atoms with Gasteiger partial charge in [0.1, 0.15) is 0 Å². The molecule has 0 heterocycles. The summed E-state index contributed by atoms with van der Waals surface area (Å²) in [6.07, 6.45) is 2.39. The van der Waals surface area contributed by atoms with Crippen LogP contribution >= 0.6 is 0 Å². The molecule has 0 amide bonds. The van der Waals surface area contributed by atoms with E-state index in [4.69, 9.17) is 5.26 Å². The standard InChI is InChI=1S/C17H26N2/c1-5-17(6-2)19(12-14(3)4)13-16-9-7-15(11-18)8-10-16/h7-10,14,17H,5-6,12-13H2,1-4H3. The van der Waals surface area contributed by atoms with Crippen LogP contribution in [0.4, 0.5) is 0 Å². The van der Waals surface area contributed by atoms with E-state index >= 15 is 0 Å². The molecule has 2 nitrogen and oxygen atoms in total. The maximum atomic E-state index is 8.83. The molecule has 0 saturated carbocycles. The highest BCUT2D eigenvalue weighted by atomic mass is 15.2. The van der Waals surface area contributed by atoms with Gasteiger partial charge in [-0.25, -0.2) is 0 Å². The molecule has 1 rings (SSSR count). The van der Waals surface area contributed by atoms with E-state index in [0.717, 1.165) is 18.7 Å². The molecule has 0 N–H and O–H groups in total. The summed E-state index contributed by atoms with van der Waals surface area (Å²) in [4.78, 5) is 2.58. The summed E-state index contributed by atoms with van der Waals surface area (Å²) in [6.45, 7) is 11.2. The van der Waals surface area contributed by atoms with Crippen molar-refractivity contribution in [2.45, 2.75) is 53.1 Å². The molecule has 0 fully saturated rings. The molecule has 0 aliphatic rings. The summed E-state index contributed by atoms with van der Waals surface area (Å²) in [5, 5.41) is 8.83. The van der Waals surface area contributed by atoms with Crippen molar-refractivity contribution in [2.75, 3.05) is 6.54 Å². The second-order valence-corrected chi connectivity index (χ2v) is 5.60. The lowest BCUT2D eigenvalue weighted by Gasteiger charge is -2.32. The van der Waals surface area contributed by atoms with Gasteiger partial charge >= 0.3 is 0 Å². The fourth-order valence-corrected chi connectivity index (χ4v) is 2.54. The average molecular weight is 258 g/mol. The minimum absolute atomic E-state index is 0.651. The molecule has 0 aromatic heterocycles. The third-order valence-corrected chi connectivity index (χ3v) is 3.53. The molecule has 0 aliphatic heterocycles. The van der Waals surface area contributed by atoms with Gasteiger partial charge in [0.15, 0.2) is 0 Å². The number of nitriles is 1. The quantitative estimate of drug-likeness (QED) is 0.732. The minimum Gasteiger partial charge on any atom is -0.296 e. The zero-order chi connectivity index (χ0) is 14.3. The van der Waals surface area contributed by atoms with Crippen molar-refractivity contribution in [1.82, 2.24) is 4.90 Å². The number of nitrogens with zero attached hydrogens (tertiary/aromatic N) is 2. The van der Waals surface area contributed by atoms with Gasteiger partial charge in [0.05, 0.1) is 11.6 Å². The molecule has 1 aromatic carbocycles. The van der Waals surface area contributed by atoms with E-state index < -0.39 is 0 Å². The zero-order valence-corrected chi connectivity index (χ0v) is 12.7. The first-order valence-corrected chi connectivity index (χ1v) is 7.33. The molecule has 19 heavy (non-hydrogen) atoms. The largest absolute Gasteiger partial charge is 0.296 e. The number of rotatable bonds is 7. The highest BCUT2D eigenvalue weighted by Crippen LogP contribution is 2.16. The van der Waals surface area contributed by atoms with Crippen LogP contribution in [0, 0.1) is 17.2 Å². The van der Waals surface area contributed by atoms with Crippen LogP contribution in [0.2, 0.25) is 0 Å². The molecule has 0 bridgehead atoms. The average Bonchev–Trinajstić information content (AvgIpc) is 2.40. The van der Waals surface area contributed by atoms with Crippen molar-refractivity contribution in [3.63, 3.8) is 0 Å². The Kier molecular flexibility index (Phi) is 6.59. The van der Waals surface area contributed by atoms with Crippen LogP contribution in [0.25, 0.3) is 0 Å². The van der Waals surface area contributed by atoms with E-state index in [9.17, 15) is 0 Å². The Balaban J connectivity index is 2.77. The molecular weight excluding hydrogens is 232 g/mol. The second-order valence-electron chi connectivity index (χ2n) is 5.60. The van der Waals surface area contributed by atoms with E-state index in [2.05, 4.69) is 50.8 Å². The topological polar surface area (TPSA) is 27.0 Å². The van der Waals surface area contributed by atoms with E-state index in [1.165, 1.54) is 18.4 Å². The Morgan fingerprint density at radius 1 is 1.11 bits per heavy atom. The first kappa shape index (κ1) is 15.7. The van der Waals surface area contributed by atoms with E-state index in [-0.39, 0.29) is 0 Å². The summed E-state index contributed by atoms with van der Waals surface area (Å²) in [5.74, 6) is 0.680. The van der Waals surface area contributed by atoms with Crippen molar-refractivity contribution in [3.8, 4) is 6.07 Å². The lowest BCUT2D eigenvalue weighted by molar-refractivity contribution is 0.157. The van der Waals surface area contributed by atoms with Gasteiger partial charge in [-0.1, -0.05) is 39.8 Å².